The van der Waals surface area contributed by atoms with Crippen molar-refractivity contribution in [3.05, 3.63) is 345 Å². The van der Waals surface area contributed by atoms with Crippen molar-refractivity contribution in [2.24, 2.45) is 0 Å². The zero-order valence-electron chi connectivity index (χ0n) is 47.0. The van der Waals surface area contributed by atoms with E-state index < -0.39 is 32.0 Å². The molecule has 0 spiro atoms. The van der Waals surface area contributed by atoms with Crippen LogP contribution in [0.2, 0.25) is 0 Å². The first-order valence-electron chi connectivity index (χ1n) is 28.3. The number of benzene rings is 11. The quantitative estimate of drug-likeness (QED) is 0.0376. The van der Waals surface area contributed by atoms with Crippen molar-refractivity contribution >= 4 is 89.4 Å². The Morgan fingerprint density at radius 2 is 0.667 bits per heavy atom. The molecule has 0 bridgehead atoms. The van der Waals surface area contributed by atoms with Gasteiger partial charge in [-0.05, 0) is 116 Å². The summed E-state index contributed by atoms with van der Waals surface area (Å²) in [6.07, 6.45) is 24.7. The molecule has 2 aliphatic heterocycles. The maximum atomic E-state index is 7.67. The van der Waals surface area contributed by atoms with Crippen LogP contribution in [0, 0.1) is 24.7 Å². The Bertz CT molecular complexity index is 3780. The van der Waals surface area contributed by atoms with Crippen LogP contribution in [0.15, 0.2) is 321 Å². The molecule has 0 aromatic heterocycles. The molecule has 84 heavy (non-hydrogen) atoms. The van der Waals surface area contributed by atoms with Crippen molar-refractivity contribution in [1.82, 2.24) is 0 Å². The summed E-state index contributed by atoms with van der Waals surface area (Å²) in [6.45, 7) is 4.31. The summed E-state index contributed by atoms with van der Waals surface area (Å²) in [4.78, 5) is 0. The van der Waals surface area contributed by atoms with Crippen LogP contribution in [0.5, 0.6) is 0 Å². The monoisotopic (exact) mass is 1510 g/mol. The van der Waals surface area contributed by atoms with Gasteiger partial charge in [0.1, 0.15) is 12.3 Å². The molecule has 414 valence electrons. The fourth-order valence-electron chi connectivity index (χ4n) is 12.7. The summed E-state index contributed by atoms with van der Waals surface area (Å²) in [7, 11) is -6.36. The van der Waals surface area contributed by atoms with E-state index in [1.165, 1.54) is 97.3 Å². The van der Waals surface area contributed by atoms with Gasteiger partial charge in [0.05, 0.1) is 37.1 Å². The Labute approximate surface area is 534 Å². The second kappa shape index (κ2) is 29.1. The minimum Gasteiger partial charge on any atom is -0.366 e. The summed E-state index contributed by atoms with van der Waals surface area (Å²) in [6, 6.07) is 107. The molecule has 6 heteroatoms. The minimum atomic E-state index is -2.40. The normalized spacial score (nSPS) is 13.0. The van der Waals surface area contributed by atoms with E-state index in [1.54, 1.807) is 0 Å². The van der Waals surface area contributed by atoms with Crippen LogP contribution in [0.1, 0.15) is 25.0 Å². The molecule has 2 aliphatic rings. The first-order valence-corrected chi connectivity index (χ1v) is 35.7. The zero-order valence-corrected chi connectivity index (χ0v) is 55.4. The molecular formula is C78H64Au2P2Si2+2. The van der Waals surface area contributed by atoms with Crippen LogP contribution in [0.3, 0.4) is 0 Å². The molecule has 0 nitrogen and oxygen atoms in total. The van der Waals surface area contributed by atoms with Gasteiger partial charge >= 0.3 is 44.8 Å². The maximum Gasteiger partial charge on any atom is 1.00 e. The van der Waals surface area contributed by atoms with Crippen molar-refractivity contribution < 1.29 is 44.8 Å². The third-order valence-electron chi connectivity index (χ3n) is 16.2. The smallest absolute Gasteiger partial charge is 0.366 e. The molecular weight excluding hydrogens is 1450 g/mol. The van der Waals surface area contributed by atoms with E-state index >= 15 is 0 Å². The zero-order chi connectivity index (χ0) is 56.1. The summed E-state index contributed by atoms with van der Waals surface area (Å²) in [5.74, 6) is 5.19. The molecule has 0 saturated carbocycles. The second-order valence-corrected chi connectivity index (χ2v) is 33.3. The maximum absolute atomic E-state index is 7.67. The van der Waals surface area contributed by atoms with Gasteiger partial charge in [-0.2, -0.15) is 0 Å². The third kappa shape index (κ3) is 12.2. The fraction of sp³-hybridized carbons (Fsp3) is 0.0513. The first-order chi connectivity index (χ1) is 40.5. The standard InChI is InChI=1S/C26H28P2.2C26H17Si.2Au/c1-3-14-23(4-2)27(24-15-8-5-9-16-24)21-22-28(25-17-10-6-11-18-25)26-19-12-7-13-20-26;2*1-2-20-17-18-24-23-15-9-10-16-25(23)27(26(24)19-20,21-11-5-3-6-12-21)22-13-7-4-8-14-22;;/h3-20H,21-22H2,1-2H3;2*3-19H;;/q;2*-1;2*+1/p+2/b14-3-,23-4+;;;;. The van der Waals surface area contributed by atoms with Crippen LogP contribution < -0.4 is 57.4 Å². The van der Waals surface area contributed by atoms with E-state index in [9.17, 15) is 0 Å². The Balaban J connectivity index is 0.000000149. The molecule has 11 aromatic carbocycles. The number of allylic oxidation sites excluding steroid dienone is 4. The Hall–Kier alpha value is -7.21. The van der Waals surface area contributed by atoms with Gasteiger partial charge in [0.15, 0.2) is 16.1 Å². The van der Waals surface area contributed by atoms with Gasteiger partial charge < -0.3 is 12.8 Å². The van der Waals surface area contributed by atoms with Crippen molar-refractivity contribution in [2.45, 2.75) is 13.8 Å². The van der Waals surface area contributed by atoms with Gasteiger partial charge in [-0.25, -0.2) is 0 Å². The van der Waals surface area contributed by atoms with Crippen molar-refractivity contribution in [3.8, 4) is 34.1 Å². The third-order valence-corrected chi connectivity index (χ3v) is 32.2. The van der Waals surface area contributed by atoms with Crippen LogP contribution in [0.25, 0.3) is 22.3 Å². The summed E-state index contributed by atoms with van der Waals surface area (Å²) >= 11 is 0. The minimum absolute atomic E-state index is 0. The summed E-state index contributed by atoms with van der Waals surface area (Å²) in [5, 5.41) is 17.2. The van der Waals surface area contributed by atoms with Crippen LogP contribution in [0.4, 0.5) is 0 Å². The second-order valence-electron chi connectivity index (χ2n) is 20.6. The molecule has 1 unspecified atom stereocenters. The molecule has 13 rings (SSSR count). The number of hydrogen-bond acceptors (Lipinski definition) is 0. The van der Waals surface area contributed by atoms with Gasteiger partial charge in [-0.1, -0.05) is 253 Å². The molecule has 0 aliphatic carbocycles. The molecule has 11 aromatic rings. The summed E-state index contributed by atoms with van der Waals surface area (Å²) < 4.78 is 0. The van der Waals surface area contributed by atoms with Gasteiger partial charge in [0.25, 0.3) is 0 Å². The average Bonchev–Trinajstić information content (AvgIpc) is 1.61. The van der Waals surface area contributed by atoms with Crippen LogP contribution >= 0.6 is 15.8 Å². The van der Waals surface area contributed by atoms with Gasteiger partial charge in [-0.15, -0.1) is 35.4 Å². The van der Waals surface area contributed by atoms with E-state index in [4.69, 9.17) is 12.8 Å². The number of rotatable bonds is 12. The number of fused-ring (bicyclic) bond motifs is 6. The molecule has 0 saturated heterocycles. The van der Waals surface area contributed by atoms with Gasteiger partial charge in [0, 0.05) is 0 Å². The van der Waals surface area contributed by atoms with E-state index in [0.29, 0.717) is 0 Å². The molecule has 0 amide bonds. The van der Waals surface area contributed by atoms with E-state index in [-0.39, 0.29) is 44.8 Å². The molecule has 0 radical (unpaired) electrons. The largest absolute Gasteiger partial charge is 1.00 e. The summed E-state index contributed by atoms with van der Waals surface area (Å²) in [5.41, 5.74) is 6.91. The SMILES string of the molecule is C/C=C\C(=C/C)[PH+](CC[PH+](c1ccccc1)c1ccccc1)c1ccccc1.[Au+].[Au+].[C-]#Cc1ccc2c(c1)[Si](c1ccccc1)(c1ccccc1)c1ccccc1-2.[C-]#Cc1ccc2c(c1)[Si](c1ccccc1)(c1ccccc1)c1ccccc1-2. The predicted octanol–water partition coefficient (Wildman–Crippen LogP) is 11.8. The molecule has 0 N–H and O–H groups in total. The molecule has 1 atom stereocenters. The Morgan fingerprint density at radius 1 is 0.357 bits per heavy atom. The van der Waals surface area contributed by atoms with Crippen molar-refractivity contribution in [1.29, 1.82) is 0 Å². The average molecular weight is 1510 g/mol. The van der Waals surface area contributed by atoms with Gasteiger partial charge in [-0.3, -0.25) is 11.8 Å². The molecule has 2 heterocycles. The van der Waals surface area contributed by atoms with Gasteiger partial charge in [0.2, 0.25) is 0 Å². The van der Waals surface area contributed by atoms with E-state index in [2.05, 4.69) is 329 Å². The Morgan fingerprint density at radius 3 is 1.00 bits per heavy atom. The molecule has 0 fully saturated rings. The van der Waals surface area contributed by atoms with Crippen molar-refractivity contribution in [3.63, 3.8) is 0 Å². The number of hydrogen-bond donors (Lipinski definition) is 0. The topological polar surface area (TPSA) is 0 Å². The fourth-order valence-corrected chi connectivity index (χ4v) is 29.4. The van der Waals surface area contributed by atoms with E-state index in [1.807, 2.05) is 12.1 Å². The van der Waals surface area contributed by atoms with Crippen LogP contribution in [-0.4, -0.2) is 28.5 Å². The first kappa shape index (κ1) is 61.4. The van der Waals surface area contributed by atoms with Crippen LogP contribution in [-0.2, 0) is 44.8 Å². The Kier molecular flexibility index (Phi) is 21.2. The van der Waals surface area contributed by atoms with E-state index in [0.717, 1.165) is 11.1 Å². The van der Waals surface area contributed by atoms with Crippen molar-refractivity contribution in [2.75, 3.05) is 12.3 Å². The predicted molar refractivity (Wildman–Crippen MR) is 364 cm³/mol.